The number of fused-ring (bicyclic) bond motifs is 3. The van der Waals surface area contributed by atoms with Crippen molar-refractivity contribution in [3.63, 3.8) is 0 Å². The zero-order valence-electron chi connectivity index (χ0n) is 11.7. The number of aromatic nitrogens is 1. The van der Waals surface area contributed by atoms with Crippen molar-refractivity contribution in [2.75, 3.05) is 13.1 Å². The van der Waals surface area contributed by atoms with E-state index in [1.54, 1.807) is 11.3 Å². The fourth-order valence-corrected chi connectivity index (χ4v) is 4.19. The molecule has 108 valence electrons. The second-order valence-electron chi connectivity index (χ2n) is 5.71. The smallest absolute Gasteiger partial charge is 0.0504 e. The van der Waals surface area contributed by atoms with Gasteiger partial charge in [0.15, 0.2) is 0 Å². The molecular weight excluding hydrogens is 291 g/mol. The molecule has 2 aromatic rings. The summed E-state index contributed by atoms with van der Waals surface area (Å²) in [4.78, 5) is 2.64. The van der Waals surface area contributed by atoms with Crippen LogP contribution < -0.4 is 0 Å². The van der Waals surface area contributed by atoms with Gasteiger partial charge in [0.1, 0.15) is 0 Å². The van der Waals surface area contributed by atoms with Crippen LogP contribution in [-0.4, -0.2) is 22.6 Å². The van der Waals surface area contributed by atoms with Gasteiger partial charge >= 0.3 is 0 Å². The predicted octanol–water partition coefficient (Wildman–Crippen LogP) is 4.43. The first kappa shape index (κ1) is 14.2. The molecule has 1 aromatic heterocycles. The molecule has 2 nitrogen and oxygen atoms in total. The van der Waals surface area contributed by atoms with Gasteiger partial charge in [-0.15, -0.1) is 12.4 Å². The Balaban J connectivity index is 0.00000121. The van der Waals surface area contributed by atoms with Crippen molar-refractivity contribution < 1.29 is 0 Å². The molecule has 20 heavy (non-hydrogen) atoms. The van der Waals surface area contributed by atoms with Gasteiger partial charge in [-0.25, -0.2) is 0 Å². The predicted molar refractivity (Wildman–Crippen MR) is 87.1 cm³/mol. The molecule has 1 atom stereocenters. The van der Waals surface area contributed by atoms with Crippen LogP contribution in [0, 0.1) is 0 Å². The van der Waals surface area contributed by atoms with E-state index in [0.29, 0.717) is 6.04 Å². The number of hydrogen-bond donors (Lipinski definition) is 0. The van der Waals surface area contributed by atoms with Gasteiger partial charge in [0.25, 0.3) is 0 Å². The summed E-state index contributed by atoms with van der Waals surface area (Å²) in [6.45, 7) is 5.72. The molecule has 0 radical (unpaired) electrons. The summed E-state index contributed by atoms with van der Waals surface area (Å²) in [5, 5.41) is 2.29. The van der Waals surface area contributed by atoms with E-state index >= 15 is 0 Å². The maximum atomic E-state index is 6.20. The maximum Gasteiger partial charge on any atom is 0.0504 e. The first-order valence-corrected chi connectivity index (χ1v) is 7.72. The highest BCUT2D eigenvalue weighted by Gasteiger charge is 2.33. The van der Waals surface area contributed by atoms with E-state index in [-0.39, 0.29) is 12.4 Å². The zero-order chi connectivity index (χ0) is 13.0. The maximum absolute atomic E-state index is 6.20. The molecule has 1 unspecified atom stereocenters. The Morgan fingerprint density at radius 1 is 1.30 bits per heavy atom. The molecule has 2 aliphatic rings. The summed E-state index contributed by atoms with van der Waals surface area (Å²) in [5.74, 6) is 0. The summed E-state index contributed by atoms with van der Waals surface area (Å²) < 4.78 is 2.53. The van der Waals surface area contributed by atoms with Crippen molar-refractivity contribution in [1.82, 2.24) is 9.47 Å². The van der Waals surface area contributed by atoms with Crippen LogP contribution in [0.1, 0.15) is 37.1 Å². The second kappa shape index (κ2) is 5.25. The Kier molecular flexibility index (Phi) is 3.74. The van der Waals surface area contributed by atoms with Gasteiger partial charge in [0, 0.05) is 29.2 Å². The molecule has 0 amide bonds. The normalized spacial score (nSPS) is 21.6. The third-order valence-corrected chi connectivity index (χ3v) is 5.09. The van der Waals surface area contributed by atoms with E-state index in [2.05, 4.69) is 28.5 Å². The lowest BCUT2D eigenvalue weighted by Crippen LogP contribution is -2.39. The standard InChI is InChI=1S/C16H19ClN2.ClH/c1-2-18-8-9-19-15-10-11(17)6-7-12(15)13-4-3-5-14(18)16(13)19;/h6-7,10,14H,2-5,8-9H2,1H3;1H. The van der Waals surface area contributed by atoms with Crippen LogP contribution in [0.4, 0.5) is 0 Å². The number of benzene rings is 1. The number of likely N-dealkylation sites (N-methyl/N-ethyl adjacent to an activating group) is 1. The van der Waals surface area contributed by atoms with E-state index in [4.69, 9.17) is 11.6 Å². The Labute approximate surface area is 131 Å². The highest BCUT2D eigenvalue weighted by molar-refractivity contribution is 6.31. The van der Waals surface area contributed by atoms with Crippen LogP contribution in [0.3, 0.4) is 0 Å². The molecular formula is C16H20Cl2N2. The van der Waals surface area contributed by atoms with Crippen molar-refractivity contribution in [3.05, 3.63) is 34.5 Å². The monoisotopic (exact) mass is 310 g/mol. The van der Waals surface area contributed by atoms with Crippen molar-refractivity contribution >= 4 is 34.9 Å². The molecule has 0 fully saturated rings. The van der Waals surface area contributed by atoms with Crippen LogP contribution in [0.2, 0.25) is 5.02 Å². The van der Waals surface area contributed by atoms with Crippen molar-refractivity contribution in [1.29, 1.82) is 0 Å². The lowest BCUT2D eigenvalue weighted by molar-refractivity contribution is 0.149. The first-order chi connectivity index (χ1) is 9.29. The number of rotatable bonds is 1. The molecule has 0 saturated carbocycles. The fourth-order valence-electron chi connectivity index (χ4n) is 4.03. The minimum atomic E-state index is 0. The third-order valence-electron chi connectivity index (χ3n) is 4.85. The van der Waals surface area contributed by atoms with Crippen molar-refractivity contribution in [2.24, 2.45) is 0 Å². The molecule has 2 heterocycles. The van der Waals surface area contributed by atoms with Crippen LogP contribution in [0.15, 0.2) is 18.2 Å². The summed E-state index contributed by atoms with van der Waals surface area (Å²) in [5.41, 5.74) is 4.51. The molecule has 1 aliphatic carbocycles. The van der Waals surface area contributed by atoms with Gasteiger partial charge in [0.05, 0.1) is 11.6 Å². The summed E-state index contributed by atoms with van der Waals surface area (Å²) in [6.07, 6.45) is 3.86. The van der Waals surface area contributed by atoms with Gasteiger partial charge in [-0.05, 0) is 43.5 Å². The summed E-state index contributed by atoms with van der Waals surface area (Å²) >= 11 is 6.20. The SMILES string of the molecule is CCN1CCn2c3c(c4ccc(Cl)cc42)CCCC31.Cl. The molecule has 0 saturated heterocycles. The quantitative estimate of drug-likeness (QED) is 0.756. The Morgan fingerprint density at radius 3 is 2.95 bits per heavy atom. The molecule has 1 aromatic carbocycles. The molecule has 0 bridgehead atoms. The lowest BCUT2D eigenvalue weighted by atomic mass is 9.90. The molecule has 0 N–H and O–H groups in total. The highest BCUT2D eigenvalue weighted by atomic mass is 35.5. The van der Waals surface area contributed by atoms with E-state index < -0.39 is 0 Å². The number of nitrogens with zero attached hydrogens (tertiary/aromatic N) is 2. The second-order valence-corrected chi connectivity index (χ2v) is 6.15. The Bertz CT molecular complexity index is 647. The average Bonchev–Trinajstić information content (AvgIpc) is 2.75. The summed E-state index contributed by atoms with van der Waals surface area (Å²) in [7, 11) is 0. The topological polar surface area (TPSA) is 8.17 Å². The highest BCUT2D eigenvalue weighted by Crippen LogP contribution is 2.42. The molecule has 1 aliphatic heterocycles. The van der Waals surface area contributed by atoms with Crippen LogP contribution in [-0.2, 0) is 13.0 Å². The number of aryl methyl sites for hydroxylation is 1. The zero-order valence-corrected chi connectivity index (χ0v) is 13.3. The van der Waals surface area contributed by atoms with Crippen molar-refractivity contribution in [2.45, 2.75) is 38.8 Å². The van der Waals surface area contributed by atoms with Gasteiger partial charge in [-0.1, -0.05) is 24.6 Å². The van der Waals surface area contributed by atoms with Gasteiger partial charge in [-0.3, -0.25) is 4.90 Å². The Morgan fingerprint density at radius 2 is 2.15 bits per heavy atom. The number of halogens is 2. The first-order valence-electron chi connectivity index (χ1n) is 7.34. The van der Waals surface area contributed by atoms with E-state index in [0.717, 1.165) is 18.1 Å². The largest absolute Gasteiger partial charge is 0.341 e. The van der Waals surface area contributed by atoms with Gasteiger partial charge in [-0.2, -0.15) is 0 Å². The minimum absolute atomic E-state index is 0. The number of hydrogen-bond acceptors (Lipinski definition) is 1. The fraction of sp³-hybridized carbons (Fsp3) is 0.500. The van der Waals surface area contributed by atoms with Crippen LogP contribution in [0.25, 0.3) is 10.9 Å². The third kappa shape index (κ3) is 1.89. The van der Waals surface area contributed by atoms with Gasteiger partial charge < -0.3 is 4.57 Å². The Hall–Kier alpha value is -0.700. The summed E-state index contributed by atoms with van der Waals surface area (Å²) in [6, 6.07) is 7.03. The van der Waals surface area contributed by atoms with Crippen molar-refractivity contribution in [3.8, 4) is 0 Å². The average molecular weight is 311 g/mol. The molecule has 0 spiro atoms. The van der Waals surface area contributed by atoms with E-state index in [1.165, 1.54) is 36.7 Å². The van der Waals surface area contributed by atoms with E-state index in [1.807, 2.05) is 6.07 Å². The lowest BCUT2D eigenvalue weighted by Gasteiger charge is -2.39. The van der Waals surface area contributed by atoms with E-state index in [9.17, 15) is 0 Å². The molecule has 4 heteroatoms. The van der Waals surface area contributed by atoms with Gasteiger partial charge in [0.2, 0.25) is 0 Å². The van der Waals surface area contributed by atoms with Crippen LogP contribution in [0.5, 0.6) is 0 Å². The minimum Gasteiger partial charge on any atom is -0.341 e. The molecule has 4 rings (SSSR count). The van der Waals surface area contributed by atoms with Crippen LogP contribution >= 0.6 is 24.0 Å².